The first-order chi connectivity index (χ1) is 9.54. The van der Waals surface area contributed by atoms with Crippen molar-refractivity contribution >= 4 is 10.2 Å². The van der Waals surface area contributed by atoms with Gasteiger partial charge in [-0.15, -0.1) is 0 Å². The SMILES string of the molecule is CN(Cc1ccncc1)S(=O)(=O)N1CCC(CO)CC1. The molecular formula is C13H21N3O3S. The van der Waals surface area contributed by atoms with Crippen molar-refractivity contribution in [2.75, 3.05) is 26.7 Å². The Kier molecular flexibility index (Phi) is 5.09. The number of hydrogen-bond donors (Lipinski definition) is 1. The van der Waals surface area contributed by atoms with Gasteiger partial charge in [-0.25, -0.2) is 0 Å². The van der Waals surface area contributed by atoms with Crippen molar-refractivity contribution in [3.63, 3.8) is 0 Å². The average Bonchev–Trinajstić information content (AvgIpc) is 2.48. The number of nitrogens with zero attached hydrogens (tertiary/aromatic N) is 3. The maximum Gasteiger partial charge on any atom is 0.282 e. The molecule has 2 rings (SSSR count). The van der Waals surface area contributed by atoms with Crippen molar-refractivity contribution < 1.29 is 13.5 Å². The molecule has 0 saturated carbocycles. The Bertz CT molecular complexity index is 513. The predicted octanol–water partition coefficient (Wildman–Crippen LogP) is 0.462. The third-order valence-electron chi connectivity index (χ3n) is 3.71. The van der Waals surface area contributed by atoms with Crippen molar-refractivity contribution in [1.29, 1.82) is 0 Å². The zero-order valence-electron chi connectivity index (χ0n) is 11.6. The van der Waals surface area contributed by atoms with E-state index in [1.807, 2.05) is 12.1 Å². The van der Waals surface area contributed by atoms with Gasteiger partial charge in [-0.05, 0) is 36.5 Å². The molecule has 0 radical (unpaired) electrons. The Morgan fingerprint density at radius 3 is 2.50 bits per heavy atom. The number of aromatic nitrogens is 1. The van der Waals surface area contributed by atoms with Gasteiger partial charge in [0.1, 0.15) is 0 Å². The molecule has 1 aliphatic rings. The monoisotopic (exact) mass is 299 g/mol. The number of rotatable bonds is 5. The van der Waals surface area contributed by atoms with Crippen molar-refractivity contribution in [3.8, 4) is 0 Å². The minimum absolute atomic E-state index is 0.140. The van der Waals surface area contributed by atoms with Crippen LogP contribution in [0.4, 0.5) is 0 Å². The van der Waals surface area contributed by atoms with Gasteiger partial charge in [0.2, 0.25) is 0 Å². The van der Waals surface area contributed by atoms with Crippen LogP contribution in [0.3, 0.4) is 0 Å². The summed E-state index contributed by atoms with van der Waals surface area (Å²) in [6.07, 6.45) is 4.75. The van der Waals surface area contributed by atoms with E-state index in [9.17, 15) is 8.42 Å². The lowest BCUT2D eigenvalue weighted by Gasteiger charge is -2.33. The second-order valence-corrected chi connectivity index (χ2v) is 7.18. The molecule has 2 heterocycles. The Labute approximate surface area is 120 Å². The fourth-order valence-electron chi connectivity index (χ4n) is 2.35. The van der Waals surface area contributed by atoms with Crippen LogP contribution in [0.5, 0.6) is 0 Å². The highest BCUT2D eigenvalue weighted by Gasteiger charge is 2.30. The summed E-state index contributed by atoms with van der Waals surface area (Å²) in [4.78, 5) is 3.92. The lowest BCUT2D eigenvalue weighted by molar-refractivity contribution is 0.166. The fourth-order valence-corrected chi connectivity index (χ4v) is 3.73. The summed E-state index contributed by atoms with van der Waals surface area (Å²) in [5.74, 6) is 0.229. The minimum atomic E-state index is -3.43. The lowest BCUT2D eigenvalue weighted by atomic mass is 10.00. The molecular weight excluding hydrogens is 278 g/mol. The molecule has 0 atom stereocenters. The van der Waals surface area contributed by atoms with Crippen molar-refractivity contribution in [1.82, 2.24) is 13.6 Å². The zero-order valence-corrected chi connectivity index (χ0v) is 12.5. The Balaban J connectivity index is 1.99. The summed E-state index contributed by atoms with van der Waals surface area (Å²) < 4.78 is 27.8. The topological polar surface area (TPSA) is 73.7 Å². The quantitative estimate of drug-likeness (QED) is 0.857. The molecule has 0 unspecified atom stereocenters. The maximum absolute atomic E-state index is 12.5. The highest BCUT2D eigenvalue weighted by Crippen LogP contribution is 2.21. The summed E-state index contributed by atoms with van der Waals surface area (Å²) in [6.45, 7) is 1.44. The summed E-state index contributed by atoms with van der Waals surface area (Å²) >= 11 is 0. The highest BCUT2D eigenvalue weighted by molar-refractivity contribution is 7.86. The van der Waals surface area contributed by atoms with Gasteiger partial charge >= 0.3 is 0 Å². The first-order valence-electron chi connectivity index (χ1n) is 6.75. The number of piperidine rings is 1. The average molecular weight is 299 g/mol. The smallest absolute Gasteiger partial charge is 0.282 e. The Hall–Kier alpha value is -1.02. The van der Waals surface area contributed by atoms with E-state index in [0.717, 1.165) is 18.4 Å². The van der Waals surface area contributed by atoms with Crippen LogP contribution < -0.4 is 0 Å². The van der Waals surface area contributed by atoms with Gasteiger partial charge in [0.15, 0.2) is 0 Å². The van der Waals surface area contributed by atoms with E-state index < -0.39 is 10.2 Å². The summed E-state index contributed by atoms with van der Waals surface area (Å²) in [5.41, 5.74) is 0.913. The second-order valence-electron chi connectivity index (χ2n) is 5.14. The van der Waals surface area contributed by atoms with E-state index in [1.165, 1.54) is 8.61 Å². The van der Waals surface area contributed by atoms with E-state index in [4.69, 9.17) is 5.11 Å². The van der Waals surface area contributed by atoms with Gasteiger partial charge in [-0.1, -0.05) is 0 Å². The van der Waals surface area contributed by atoms with Crippen molar-refractivity contribution in [2.24, 2.45) is 5.92 Å². The molecule has 1 aliphatic heterocycles. The molecule has 0 aliphatic carbocycles. The number of pyridine rings is 1. The molecule has 0 bridgehead atoms. The molecule has 7 heteroatoms. The summed E-state index contributed by atoms with van der Waals surface area (Å²) in [5, 5.41) is 9.10. The highest BCUT2D eigenvalue weighted by atomic mass is 32.2. The van der Waals surface area contributed by atoms with Crippen LogP contribution in [-0.2, 0) is 16.8 Å². The molecule has 1 saturated heterocycles. The third kappa shape index (κ3) is 3.54. The third-order valence-corrected chi connectivity index (χ3v) is 5.64. The first kappa shape index (κ1) is 15.4. The molecule has 0 amide bonds. The number of hydrogen-bond acceptors (Lipinski definition) is 4. The number of aliphatic hydroxyl groups excluding tert-OH is 1. The van der Waals surface area contributed by atoms with Gasteiger partial charge in [-0.3, -0.25) is 4.98 Å². The van der Waals surface area contributed by atoms with Crippen LogP contribution >= 0.6 is 0 Å². The maximum atomic E-state index is 12.5. The largest absolute Gasteiger partial charge is 0.396 e. The van der Waals surface area contributed by atoms with E-state index >= 15 is 0 Å². The minimum Gasteiger partial charge on any atom is -0.396 e. The van der Waals surface area contributed by atoms with Gasteiger partial charge in [0.25, 0.3) is 10.2 Å². The molecule has 112 valence electrons. The van der Waals surface area contributed by atoms with Crippen LogP contribution in [-0.4, -0.2) is 53.9 Å². The molecule has 1 aromatic rings. The summed E-state index contributed by atoms with van der Waals surface area (Å²) in [7, 11) is -1.84. The molecule has 20 heavy (non-hydrogen) atoms. The fraction of sp³-hybridized carbons (Fsp3) is 0.615. The van der Waals surface area contributed by atoms with E-state index in [1.54, 1.807) is 19.4 Å². The zero-order chi connectivity index (χ0) is 14.6. The van der Waals surface area contributed by atoms with Crippen LogP contribution in [0.25, 0.3) is 0 Å². The second kappa shape index (κ2) is 6.62. The first-order valence-corrected chi connectivity index (χ1v) is 8.15. The molecule has 1 N–H and O–H groups in total. The van der Waals surface area contributed by atoms with Crippen molar-refractivity contribution in [3.05, 3.63) is 30.1 Å². The van der Waals surface area contributed by atoms with Crippen LogP contribution in [0.1, 0.15) is 18.4 Å². The van der Waals surface area contributed by atoms with Crippen molar-refractivity contribution in [2.45, 2.75) is 19.4 Å². The van der Waals surface area contributed by atoms with E-state index in [0.29, 0.717) is 19.6 Å². The molecule has 1 fully saturated rings. The Morgan fingerprint density at radius 2 is 1.95 bits per heavy atom. The van der Waals surface area contributed by atoms with Gasteiger partial charge in [0.05, 0.1) is 0 Å². The summed E-state index contributed by atoms with van der Waals surface area (Å²) in [6, 6.07) is 3.62. The molecule has 1 aromatic heterocycles. The van der Waals surface area contributed by atoms with Gasteiger partial charge < -0.3 is 5.11 Å². The normalized spacial score (nSPS) is 18.6. The predicted molar refractivity (Wildman–Crippen MR) is 76.0 cm³/mol. The van der Waals surface area contributed by atoms with Crippen LogP contribution in [0, 0.1) is 5.92 Å². The molecule has 0 spiro atoms. The lowest BCUT2D eigenvalue weighted by Crippen LogP contribution is -2.45. The molecule has 6 nitrogen and oxygen atoms in total. The number of aliphatic hydroxyl groups is 1. The standard InChI is InChI=1S/C13H21N3O3S/c1-15(10-12-2-6-14-7-3-12)20(18,19)16-8-4-13(11-17)5-9-16/h2-3,6-7,13,17H,4-5,8-11H2,1H3. The van der Waals surface area contributed by atoms with Crippen LogP contribution in [0.15, 0.2) is 24.5 Å². The molecule has 0 aromatic carbocycles. The van der Waals surface area contributed by atoms with E-state index in [2.05, 4.69) is 4.98 Å². The van der Waals surface area contributed by atoms with E-state index in [-0.39, 0.29) is 12.5 Å². The van der Waals surface area contributed by atoms with Gasteiger partial charge in [-0.2, -0.15) is 17.0 Å². The van der Waals surface area contributed by atoms with Crippen LogP contribution in [0.2, 0.25) is 0 Å². The van der Waals surface area contributed by atoms with Gasteiger partial charge in [0, 0.05) is 45.7 Å². The Morgan fingerprint density at radius 1 is 1.35 bits per heavy atom.